The number of nitrogens with two attached hydrogens (primary N) is 1. The van der Waals surface area contributed by atoms with Gasteiger partial charge in [-0.1, -0.05) is 19.3 Å². The third-order valence-corrected chi connectivity index (χ3v) is 5.06. The van der Waals surface area contributed by atoms with Gasteiger partial charge < -0.3 is 10.1 Å². The van der Waals surface area contributed by atoms with E-state index in [9.17, 15) is 0 Å². The summed E-state index contributed by atoms with van der Waals surface area (Å²) in [5, 5.41) is 3.23. The molecule has 1 rings (SSSR count). The van der Waals surface area contributed by atoms with Crippen LogP contribution in [-0.4, -0.2) is 43.3 Å². The van der Waals surface area contributed by atoms with Crippen LogP contribution in [0, 0.1) is 0 Å². The molecule has 1 aliphatic rings. The predicted molar refractivity (Wildman–Crippen MR) is 83.4 cm³/mol. The Kier molecular flexibility index (Phi) is 7.56. The number of methoxy groups -OCH3 is 1. The number of nitrogens with zero attached hydrogens (tertiary/aromatic N) is 1. The lowest BCUT2D eigenvalue weighted by Crippen LogP contribution is -2.47. The average molecular weight is 288 g/mol. The molecule has 0 aromatic heterocycles. The van der Waals surface area contributed by atoms with Crippen LogP contribution < -0.4 is 16.6 Å². The molecule has 6 heteroatoms. The van der Waals surface area contributed by atoms with Gasteiger partial charge in [0, 0.05) is 17.9 Å². The predicted octanol–water partition coefficient (Wildman–Crippen LogP) is 1.50. The standard InChI is InChI=1S/C13H28N4OS/c1-11(9-18-2)16-12(17-14)15-10-13(19-3)7-5-4-6-8-13/h11H,4-10,14H2,1-3H3,(H2,15,16,17). The summed E-state index contributed by atoms with van der Waals surface area (Å²) in [6, 6.07) is 0.191. The minimum Gasteiger partial charge on any atom is -0.383 e. The van der Waals surface area contributed by atoms with E-state index in [1.54, 1.807) is 7.11 Å². The van der Waals surface area contributed by atoms with E-state index in [2.05, 4.69) is 22.0 Å². The van der Waals surface area contributed by atoms with Crippen LogP contribution in [0.2, 0.25) is 0 Å². The zero-order valence-corrected chi connectivity index (χ0v) is 13.2. The van der Waals surface area contributed by atoms with Gasteiger partial charge in [-0.3, -0.25) is 10.4 Å². The number of rotatable bonds is 6. The molecule has 0 aliphatic heterocycles. The Bertz CT molecular complexity index is 280. The maximum Gasteiger partial charge on any atom is 0.206 e. The fraction of sp³-hybridized carbons (Fsp3) is 0.923. The first-order chi connectivity index (χ1) is 9.15. The number of nitrogens with one attached hydrogen (secondary N) is 2. The Hall–Kier alpha value is -0.460. The highest BCUT2D eigenvalue weighted by Crippen LogP contribution is 2.38. The van der Waals surface area contributed by atoms with Crippen molar-refractivity contribution in [2.45, 2.75) is 49.8 Å². The maximum absolute atomic E-state index is 5.53. The second-order valence-electron chi connectivity index (χ2n) is 5.26. The van der Waals surface area contributed by atoms with Gasteiger partial charge in [-0.25, -0.2) is 5.84 Å². The molecule has 1 aliphatic carbocycles. The third-order valence-electron chi connectivity index (χ3n) is 3.66. The molecule has 112 valence electrons. The number of aliphatic imine (C=N–C) groups is 1. The fourth-order valence-corrected chi connectivity index (χ4v) is 3.39. The van der Waals surface area contributed by atoms with Crippen molar-refractivity contribution in [3.05, 3.63) is 0 Å². The Morgan fingerprint density at radius 1 is 1.42 bits per heavy atom. The van der Waals surface area contributed by atoms with E-state index in [-0.39, 0.29) is 6.04 Å². The summed E-state index contributed by atoms with van der Waals surface area (Å²) in [5.74, 6) is 6.18. The van der Waals surface area contributed by atoms with Crippen LogP contribution in [0.5, 0.6) is 0 Å². The van der Waals surface area contributed by atoms with Crippen LogP contribution in [-0.2, 0) is 4.74 Å². The minimum absolute atomic E-state index is 0.191. The number of guanidine groups is 1. The van der Waals surface area contributed by atoms with Gasteiger partial charge in [0.15, 0.2) is 0 Å². The Morgan fingerprint density at radius 2 is 2.11 bits per heavy atom. The number of thioether (sulfide) groups is 1. The van der Waals surface area contributed by atoms with E-state index in [0.29, 0.717) is 17.3 Å². The summed E-state index contributed by atoms with van der Waals surface area (Å²) in [7, 11) is 1.69. The molecule has 5 nitrogen and oxygen atoms in total. The van der Waals surface area contributed by atoms with Gasteiger partial charge in [-0.05, 0) is 26.0 Å². The normalized spacial score (nSPS) is 20.9. The van der Waals surface area contributed by atoms with Crippen LogP contribution in [0.1, 0.15) is 39.0 Å². The van der Waals surface area contributed by atoms with Crippen LogP contribution in [0.15, 0.2) is 4.99 Å². The lowest BCUT2D eigenvalue weighted by molar-refractivity contribution is 0.179. The molecule has 1 atom stereocenters. The van der Waals surface area contributed by atoms with Gasteiger partial charge in [0.05, 0.1) is 13.2 Å². The highest BCUT2D eigenvalue weighted by molar-refractivity contribution is 8.00. The summed E-state index contributed by atoms with van der Waals surface area (Å²) < 4.78 is 5.39. The van der Waals surface area contributed by atoms with Crippen molar-refractivity contribution >= 4 is 17.7 Å². The Morgan fingerprint density at radius 3 is 2.63 bits per heavy atom. The van der Waals surface area contributed by atoms with Crippen molar-refractivity contribution in [2.24, 2.45) is 10.8 Å². The van der Waals surface area contributed by atoms with Crippen molar-refractivity contribution in [2.75, 3.05) is 26.5 Å². The van der Waals surface area contributed by atoms with E-state index < -0.39 is 0 Å². The number of hydrogen-bond donors (Lipinski definition) is 3. The molecule has 4 N–H and O–H groups in total. The molecular weight excluding hydrogens is 260 g/mol. The molecule has 1 fully saturated rings. The highest BCUT2D eigenvalue weighted by atomic mass is 32.2. The lowest BCUT2D eigenvalue weighted by Gasteiger charge is -2.34. The van der Waals surface area contributed by atoms with Crippen LogP contribution >= 0.6 is 11.8 Å². The summed E-state index contributed by atoms with van der Waals surface area (Å²) >= 11 is 1.95. The average Bonchev–Trinajstić information content (AvgIpc) is 2.44. The maximum atomic E-state index is 5.53. The van der Waals surface area contributed by atoms with Gasteiger partial charge in [-0.2, -0.15) is 11.8 Å². The molecule has 0 aromatic carbocycles. The first-order valence-electron chi connectivity index (χ1n) is 6.97. The molecule has 0 spiro atoms. The van der Waals surface area contributed by atoms with Crippen LogP contribution in [0.3, 0.4) is 0 Å². The molecule has 0 bridgehead atoms. The molecule has 0 amide bonds. The quantitative estimate of drug-likeness (QED) is 0.299. The molecule has 19 heavy (non-hydrogen) atoms. The van der Waals surface area contributed by atoms with E-state index in [1.807, 2.05) is 18.7 Å². The number of ether oxygens (including phenoxy) is 1. The summed E-state index contributed by atoms with van der Waals surface area (Å²) in [6.45, 7) is 3.50. The summed E-state index contributed by atoms with van der Waals surface area (Å²) in [6.07, 6.45) is 8.69. The Balaban J connectivity index is 2.54. The molecule has 0 radical (unpaired) electrons. The largest absolute Gasteiger partial charge is 0.383 e. The Labute approximate surface area is 121 Å². The number of hydrazine groups is 1. The molecule has 1 saturated carbocycles. The van der Waals surface area contributed by atoms with Gasteiger partial charge in [0.2, 0.25) is 5.96 Å². The minimum atomic E-state index is 0.191. The second kappa shape index (κ2) is 8.66. The number of hydrogen-bond acceptors (Lipinski definition) is 4. The zero-order valence-electron chi connectivity index (χ0n) is 12.4. The van der Waals surface area contributed by atoms with Gasteiger partial charge in [0.1, 0.15) is 0 Å². The smallest absolute Gasteiger partial charge is 0.206 e. The SMILES string of the molecule is COCC(C)NC(=NCC1(SC)CCCCC1)NN. The van der Waals surface area contributed by atoms with Crippen LogP contribution in [0.25, 0.3) is 0 Å². The molecule has 0 saturated heterocycles. The van der Waals surface area contributed by atoms with Crippen molar-refractivity contribution < 1.29 is 4.74 Å². The van der Waals surface area contributed by atoms with E-state index in [4.69, 9.17) is 10.6 Å². The first kappa shape index (κ1) is 16.6. The molecule has 1 unspecified atom stereocenters. The monoisotopic (exact) mass is 288 g/mol. The fourth-order valence-electron chi connectivity index (χ4n) is 2.50. The van der Waals surface area contributed by atoms with Gasteiger partial charge in [0.25, 0.3) is 0 Å². The zero-order chi connectivity index (χ0) is 14.1. The second-order valence-corrected chi connectivity index (χ2v) is 6.53. The van der Waals surface area contributed by atoms with E-state index >= 15 is 0 Å². The van der Waals surface area contributed by atoms with E-state index in [0.717, 1.165) is 6.54 Å². The van der Waals surface area contributed by atoms with Gasteiger partial charge >= 0.3 is 0 Å². The summed E-state index contributed by atoms with van der Waals surface area (Å²) in [5.41, 5.74) is 2.65. The van der Waals surface area contributed by atoms with Crippen LogP contribution in [0.4, 0.5) is 0 Å². The topological polar surface area (TPSA) is 71.7 Å². The third kappa shape index (κ3) is 5.58. The lowest BCUT2D eigenvalue weighted by atomic mass is 9.88. The van der Waals surface area contributed by atoms with Gasteiger partial charge in [-0.15, -0.1) is 0 Å². The van der Waals surface area contributed by atoms with Crippen molar-refractivity contribution in [3.63, 3.8) is 0 Å². The summed E-state index contributed by atoms with van der Waals surface area (Å²) in [4.78, 5) is 4.62. The first-order valence-corrected chi connectivity index (χ1v) is 8.20. The van der Waals surface area contributed by atoms with Crippen molar-refractivity contribution in [3.8, 4) is 0 Å². The highest BCUT2D eigenvalue weighted by Gasteiger charge is 2.30. The van der Waals surface area contributed by atoms with Crippen molar-refractivity contribution in [1.82, 2.24) is 10.7 Å². The molecule has 0 aromatic rings. The van der Waals surface area contributed by atoms with Crippen molar-refractivity contribution in [1.29, 1.82) is 0 Å². The molecular formula is C13H28N4OS. The molecule has 0 heterocycles. The van der Waals surface area contributed by atoms with E-state index in [1.165, 1.54) is 32.1 Å².